The van der Waals surface area contributed by atoms with E-state index in [1.54, 1.807) is 0 Å². The van der Waals surface area contributed by atoms with Gasteiger partial charge in [0.1, 0.15) is 0 Å². The van der Waals surface area contributed by atoms with E-state index in [1.165, 1.54) is 19.4 Å². The van der Waals surface area contributed by atoms with E-state index in [0.717, 1.165) is 6.42 Å². The average molecular weight is 256 g/mol. The van der Waals surface area contributed by atoms with Crippen molar-refractivity contribution in [1.82, 2.24) is 0 Å². The molecule has 0 fully saturated rings. The second-order valence-electron chi connectivity index (χ2n) is 4.86. The van der Waals surface area contributed by atoms with Gasteiger partial charge in [0.2, 0.25) is 0 Å². The second kappa shape index (κ2) is 8.72. The summed E-state index contributed by atoms with van der Waals surface area (Å²) >= 11 is 0. The van der Waals surface area contributed by atoms with Crippen LogP contribution in [0.2, 0.25) is 0 Å². The Kier molecular flexibility index (Phi) is 8.08. The normalized spacial score (nSPS) is 13.4. The van der Waals surface area contributed by atoms with Crippen LogP contribution < -0.4 is 0 Å². The van der Waals surface area contributed by atoms with Crippen molar-refractivity contribution in [3.63, 3.8) is 0 Å². The summed E-state index contributed by atoms with van der Waals surface area (Å²) in [4.78, 5) is 21.6. The fourth-order valence-electron chi connectivity index (χ4n) is 1.46. The SMILES string of the molecule is CC(=O)OCC(C)C(CC=C(C)C)COC(C)=O. The molecule has 0 aliphatic heterocycles. The molecule has 0 radical (unpaired) electrons. The van der Waals surface area contributed by atoms with Crippen LogP contribution in [0.5, 0.6) is 0 Å². The van der Waals surface area contributed by atoms with Crippen LogP contribution in [-0.2, 0) is 19.1 Å². The van der Waals surface area contributed by atoms with Crippen LogP contribution in [0.1, 0.15) is 41.0 Å². The number of allylic oxidation sites excluding steroid dienone is 2. The first-order valence-electron chi connectivity index (χ1n) is 6.23. The fourth-order valence-corrected chi connectivity index (χ4v) is 1.46. The number of carbonyl (C=O) groups is 2. The molecule has 2 atom stereocenters. The van der Waals surface area contributed by atoms with Crippen LogP contribution in [0, 0.1) is 11.8 Å². The number of ether oxygens (including phenoxy) is 2. The van der Waals surface area contributed by atoms with Crippen LogP contribution >= 0.6 is 0 Å². The zero-order chi connectivity index (χ0) is 14.1. The maximum atomic E-state index is 10.9. The molecule has 104 valence electrons. The van der Waals surface area contributed by atoms with Crippen LogP contribution in [0.25, 0.3) is 0 Å². The van der Waals surface area contributed by atoms with E-state index in [2.05, 4.69) is 6.08 Å². The van der Waals surface area contributed by atoms with E-state index in [4.69, 9.17) is 9.47 Å². The van der Waals surface area contributed by atoms with Gasteiger partial charge in [-0.05, 0) is 26.2 Å². The van der Waals surface area contributed by atoms with Gasteiger partial charge in [0.25, 0.3) is 0 Å². The third kappa shape index (κ3) is 8.79. The van der Waals surface area contributed by atoms with Crippen molar-refractivity contribution in [2.75, 3.05) is 13.2 Å². The van der Waals surface area contributed by atoms with Crippen molar-refractivity contribution in [1.29, 1.82) is 0 Å². The van der Waals surface area contributed by atoms with E-state index in [9.17, 15) is 9.59 Å². The van der Waals surface area contributed by atoms with Gasteiger partial charge in [-0.2, -0.15) is 0 Å². The minimum atomic E-state index is -0.282. The van der Waals surface area contributed by atoms with E-state index >= 15 is 0 Å². The highest BCUT2D eigenvalue weighted by atomic mass is 16.5. The van der Waals surface area contributed by atoms with Gasteiger partial charge in [0, 0.05) is 19.8 Å². The monoisotopic (exact) mass is 256 g/mol. The van der Waals surface area contributed by atoms with Crippen molar-refractivity contribution >= 4 is 11.9 Å². The summed E-state index contributed by atoms with van der Waals surface area (Å²) in [7, 11) is 0. The Morgan fingerprint density at radius 1 is 1.00 bits per heavy atom. The van der Waals surface area contributed by atoms with E-state index in [-0.39, 0.29) is 23.8 Å². The Hall–Kier alpha value is -1.32. The Morgan fingerprint density at radius 2 is 1.50 bits per heavy atom. The van der Waals surface area contributed by atoms with Crippen LogP contribution in [0.15, 0.2) is 11.6 Å². The molecule has 0 aromatic rings. The van der Waals surface area contributed by atoms with E-state index < -0.39 is 0 Å². The molecule has 0 saturated heterocycles. The van der Waals surface area contributed by atoms with Crippen molar-refractivity contribution in [3.8, 4) is 0 Å². The predicted octanol–water partition coefficient (Wildman–Crippen LogP) is 2.72. The van der Waals surface area contributed by atoms with Gasteiger partial charge < -0.3 is 9.47 Å². The Balaban J connectivity index is 4.37. The smallest absolute Gasteiger partial charge is 0.302 e. The summed E-state index contributed by atoms with van der Waals surface area (Å²) in [5.74, 6) is -0.237. The lowest BCUT2D eigenvalue weighted by atomic mass is 9.91. The molecule has 0 aliphatic rings. The van der Waals surface area contributed by atoms with Crippen molar-refractivity contribution in [3.05, 3.63) is 11.6 Å². The highest BCUT2D eigenvalue weighted by Crippen LogP contribution is 2.18. The van der Waals surface area contributed by atoms with Crippen LogP contribution in [0.4, 0.5) is 0 Å². The average Bonchev–Trinajstić information content (AvgIpc) is 2.25. The zero-order valence-corrected chi connectivity index (χ0v) is 12.0. The molecule has 0 spiro atoms. The standard InChI is InChI=1S/C14H24O4/c1-10(2)6-7-14(9-18-13(5)16)11(3)8-17-12(4)15/h6,11,14H,7-9H2,1-5H3. The number of hydrogen-bond acceptors (Lipinski definition) is 4. The molecule has 0 amide bonds. The molecule has 0 aromatic heterocycles. The molecule has 0 N–H and O–H groups in total. The lowest BCUT2D eigenvalue weighted by Gasteiger charge is -2.22. The van der Waals surface area contributed by atoms with Crippen molar-refractivity contribution in [2.24, 2.45) is 11.8 Å². The third-order valence-electron chi connectivity index (χ3n) is 2.68. The summed E-state index contributed by atoms with van der Waals surface area (Å²) in [5.41, 5.74) is 1.22. The number of hydrogen-bond donors (Lipinski definition) is 0. The van der Waals surface area contributed by atoms with Gasteiger partial charge in [-0.3, -0.25) is 9.59 Å². The first-order valence-corrected chi connectivity index (χ1v) is 6.23. The van der Waals surface area contributed by atoms with Crippen molar-refractivity contribution in [2.45, 2.75) is 41.0 Å². The van der Waals surface area contributed by atoms with Crippen molar-refractivity contribution < 1.29 is 19.1 Å². The third-order valence-corrected chi connectivity index (χ3v) is 2.68. The molecular weight excluding hydrogens is 232 g/mol. The predicted molar refractivity (Wildman–Crippen MR) is 70.0 cm³/mol. The Labute approximate surface area is 109 Å². The zero-order valence-electron chi connectivity index (χ0n) is 12.0. The first kappa shape index (κ1) is 16.7. The van der Waals surface area contributed by atoms with Gasteiger partial charge in [-0.25, -0.2) is 0 Å². The summed E-state index contributed by atoms with van der Waals surface area (Å²) in [6, 6.07) is 0. The van der Waals surface area contributed by atoms with Crippen LogP contribution in [0.3, 0.4) is 0 Å². The maximum Gasteiger partial charge on any atom is 0.302 e. The number of rotatable bonds is 7. The quantitative estimate of drug-likeness (QED) is 0.519. The molecule has 0 saturated carbocycles. The maximum absolute atomic E-state index is 10.9. The van der Waals surface area contributed by atoms with Gasteiger partial charge in [-0.1, -0.05) is 18.6 Å². The largest absolute Gasteiger partial charge is 0.466 e. The minimum absolute atomic E-state index is 0.156. The first-order chi connectivity index (χ1) is 8.32. The van der Waals surface area contributed by atoms with E-state index in [0.29, 0.717) is 13.2 Å². The van der Waals surface area contributed by atoms with Gasteiger partial charge in [0.15, 0.2) is 0 Å². The summed E-state index contributed by atoms with van der Waals surface area (Å²) in [5, 5.41) is 0. The molecule has 2 unspecified atom stereocenters. The highest BCUT2D eigenvalue weighted by molar-refractivity contribution is 5.66. The van der Waals surface area contributed by atoms with Gasteiger partial charge >= 0.3 is 11.9 Å². The summed E-state index contributed by atoms with van der Waals surface area (Å²) < 4.78 is 10.1. The van der Waals surface area contributed by atoms with Crippen LogP contribution in [-0.4, -0.2) is 25.2 Å². The van der Waals surface area contributed by atoms with Gasteiger partial charge in [0.05, 0.1) is 13.2 Å². The molecular formula is C14H24O4. The molecule has 0 aromatic carbocycles. The van der Waals surface area contributed by atoms with Gasteiger partial charge in [-0.15, -0.1) is 0 Å². The summed E-state index contributed by atoms with van der Waals surface area (Å²) in [6.07, 6.45) is 2.93. The molecule has 0 rings (SSSR count). The molecule has 4 nitrogen and oxygen atoms in total. The van der Waals surface area contributed by atoms with E-state index in [1.807, 2.05) is 20.8 Å². The topological polar surface area (TPSA) is 52.6 Å². The lowest BCUT2D eigenvalue weighted by Crippen LogP contribution is -2.23. The lowest BCUT2D eigenvalue weighted by molar-refractivity contribution is -0.146. The fraction of sp³-hybridized carbons (Fsp3) is 0.714. The second-order valence-corrected chi connectivity index (χ2v) is 4.86. The number of esters is 2. The summed E-state index contributed by atoms with van der Waals surface area (Å²) in [6.45, 7) is 9.56. The molecule has 0 heterocycles. The number of carbonyl (C=O) groups excluding carboxylic acids is 2. The Morgan fingerprint density at radius 3 is 1.94 bits per heavy atom. The highest BCUT2D eigenvalue weighted by Gasteiger charge is 2.19. The molecule has 0 bridgehead atoms. The molecule has 4 heteroatoms. The Bertz CT molecular complexity index is 303. The molecule has 0 aliphatic carbocycles. The molecule has 18 heavy (non-hydrogen) atoms. The minimum Gasteiger partial charge on any atom is -0.466 e.